The van der Waals surface area contributed by atoms with Crippen LogP contribution in [0.4, 0.5) is 5.69 Å². The maximum absolute atomic E-state index is 4.52. The van der Waals surface area contributed by atoms with Gasteiger partial charge < -0.3 is 10.2 Å². The summed E-state index contributed by atoms with van der Waals surface area (Å²) in [5, 5.41) is 5.01. The highest BCUT2D eigenvalue weighted by molar-refractivity contribution is 5.91. The molecule has 0 aliphatic heterocycles. The van der Waals surface area contributed by atoms with Crippen molar-refractivity contribution in [3.63, 3.8) is 0 Å². The summed E-state index contributed by atoms with van der Waals surface area (Å²) in [6, 6.07) is 8.69. The lowest BCUT2D eigenvalue weighted by Gasteiger charge is -2.44. The van der Waals surface area contributed by atoms with Gasteiger partial charge >= 0.3 is 0 Å². The summed E-state index contributed by atoms with van der Waals surface area (Å²) >= 11 is 0. The van der Waals surface area contributed by atoms with Gasteiger partial charge in [-0.25, -0.2) is 0 Å². The molecule has 0 saturated heterocycles. The zero-order valence-electron chi connectivity index (χ0n) is 14.2. The molecule has 23 heavy (non-hydrogen) atoms. The van der Waals surface area contributed by atoms with E-state index >= 15 is 0 Å². The number of benzene rings is 1. The molecule has 0 radical (unpaired) electrons. The van der Waals surface area contributed by atoms with E-state index in [2.05, 4.69) is 60.5 Å². The van der Waals surface area contributed by atoms with Crippen LogP contribution in [-0.2, 0) is 0 Å². The average Bonchev–Trinajstić information content (AvgIpc) is 2.72. The molecule has 2 aromatic rings. The number of nitrogens with one attached hydrogen (secondary N) is 1. The third-order valence-corrected chi connectivity index (χ3v) is 6.83. The number of aryl methyl sites for hydroxylation is 1. The molecule has 0 bridgehead atoms. The third kappa shape index (κ3) is 1.72. The van der Waals surface area contributed by atoms with Gasteiger partial charge in [-0.15, -0.1) is 0 Å². The molecule has 1 N–H and O–H groups in total. The molecule has 5 rings (SSSR count). The molecular formula is C20H25N3. The molecule has 3 unspecified atom stereocenters. The Morgan fingerprint density at radius 3 is 2.96 bits per heavy atom. The predicted molar refractivity (Wildman–Crippen MR) is 94.5 cm³/mol. The molecule has 3 aliphatic carbocycles. The first-order valence-electron chi connectivity index (χ1n) is 8.85. The van der Waals surface area contributed by atoms with Gasteiger partial charge in [-0.2, -0.15) is 0 Å². The summed E-state index contributed by atoms with van der Waals surface area (Å²) in [6.45, 7) is 4.53. The molecule has 1 heterocycles. The fraction of sp³-hybridized carbons (Fsp3) is 0.550. The molecule has 3 fully saturated rings. The molecule has 0 amide bonds. The number of rotatable bonds is 5. The van der Waals surface area contributed by atoms with Crippen molar-refractivity contribution in [2.75, 3.05) is 32.5 Å². The van der Waals surface area contributed by atoms with Gasteiger partial charge in [0, 0.05) is 30.4 Å². The van der Waals surface area contributed by atoms with Crippen molar-refractivity contribution in [3.8, 4) is 0 Å². The summed E-state index contributed by atoms with van der Waals surface area (Å²) in [6.07, 6.45) is 3.42. The van der Waals surface area contributed by atoms with Crippen LogP contribution in [0.1, 0.15) is 12.0 Å². The van der Waals surface area contributed by atoms with Gasteiger partial charge in [0.05, 0.1) is 5.52 Å². The Hall–Kier alpha value is -1.61. The fourth-order valence-corrected chi connectivity index (χ4v) is 5.96. The molecule has 3 heteroatoms. The maximum atomic E-state index is 4.52. The minimum atomic E-state index is 0.653. The molecule has 3 saturated carbocycles. The number of anilines is 1. The Labute approximate surface area is 138 Å². The van der Waals surface area contributed by atoms with Crippen molar-refractivity contribution in [1.29, 1.82) is 0 Å². The van der Waals surface area contributed by atoms with Crippen LogP contribution < -0.4 is 5.32 Å². The van der Waals surface area contributed by atoms with Gasteiger partial charge in [0.25, 0.3) is 0 Å². The SMILES string of the molecule is Cc1ccc2c(NCC3[C@@H]4C[C@@H]5C4C35CN(C)C)ccnc2c1. The molecule has 5 atom stereocenters. The van der Waals surface area contributed by atoms with Crippen molar-refractivity contribution in [2.24, 2.45) is 29.1 Å². The van der Waals surface area contributed by atoms with Crippen LogP contribution in [0.15, 0.2) is 30.5 Å². The van der Waals surface area contributed by atoms with E-state index in [0.29, 0.717) is 5.41 Å². The predicted octanol–water partition coefficient (Wildman–Crippen LogP) is 3.40. The summed E-state index contributed by atoms with van der Waals surface area (Å²) in [5.41, 5.74) is 4.27. The first kappa shape index (κ1) is 13.8. The summed E-state index contributed by atoms with van der Waals surface area (Å²) < 4.78 is 0. The summed E-state index contributed by atoms with van der Waals surface area (Å²) in [4.78, 5) is 6.91. The summed E-state index contributed by atoms with van der Waals surface area (Å²) in [5.74, 6) is 3.98. The molecule has 1 aromatic heterocycles. The van der Waals surface area contributed by atoms with Gasteiger partial charge in [-0.1, -0.05) is 12.1 Å². The van der Waals surface area contributed by atoms with Crippen molar-refractivity contribution >= 4 is 16.6 Å². The third-order valence-electron chi connectivity index (χ3n) is 6.83. The van der Waals surface area contributed by atoms with Gasteiger partial charge in [0.1, 0.15) is 0 Å². The minimum absolute atomic E-state index is 0.653. The first-order valence-corrected chi connectivity index (χ1v) is 8.85. The number of pyridine rings is 1. The number of hydrogen-bond donors (Lipinski definition) is 1. The van der Waals surface area contributed by atoms with Gasteiger partial charge in [-0.3, -0.25) is 4.98 Å². The first-order chi connectivity index (χ1) is 11.1. The van der Waals surface area contributed by atoms with Crippen molar-refractivity contribution in [2.45, 2.75) is 13.3 Å². The van der Waals surface area contributed by atoms with Crippen LogP contribution in [-0.4, -0.2) is 37.1 Å². The zero-order valence-corrected chi connectivity index (χ0v) is 14.2. The Kier molecular flexibility index (Phi) is 2.68. The topological polar surface area (TPSA) is 28.2 Å². The normalized spacial score (nSPS) is 36.3. The molecule has 0 spiro atoms. The second kappa shape index (κ2) is 4.47. The van der Waals surface area contributed by atoms with E-state index in [-0.39, 0.29) is 0 Å². The van der Waals surface area contributed by atoms with Crippen LogP contribution in [0.3, 0.4) is 0 Å². The van der Waals surface area contributed by atoms with Crippen LogP contribution in [0.2, 0.25) is 0 Å². The lowest BCUT2D eigenvalue weighted by molar-refractivity contribution is 0.0554. The van der Waals surface area contributed by atoms with E-state index in [1.807, 2.05) is 6.20 Å². The minimum Gasteiger partial charge on any atom is -0.384 e. The van der Waals surface area contributed by atoms with E-state index in [9.17, 15) is 0 Å². The standard InChI is InChI=1S/C20H25N3/c1-12-4-5-13-17(6-7-21-18(13)8-12)22-10-16-14-9-15-19(14)20(15,16)11-23(2)3/h4-8,14-16,19H,9-11H2,1-3H3,(H,21,22)/t14-,15+,16?,19?,20?/m0/s1. The van der Waals surface area contributed by atoms with Crippen molar-refractivity contribution in [3.05, 3.63) is 36.0 Å². The van der Waals surface area contributed by atoms with Crippen LogP contribution in [0, 0.1) is 36.0 Å². The van der Waals surface area contributed by atoms with Crippen LogP contribution in [0.5, 0.6) is 0 Å². The van der Waals surface area contributed by atoms with E-state index in [4.69, 9.17) is 0 Å². The fourth-order valence-electron chi connectivity index (χ4n) is 5.96. The Morgan fingerprint density at radius 2 is 2.17 bits per heavy atom. The van der Waals surface area contributed by atoms with Gasteiger partial charge in [0.2, 0.25) is 0 Å². The Morgan fingerprint density at radius 1 is 1.30 bits per heavy atom. The number of aromatic nitrogens is 1. The monoisotopic (exact) mass is 307 g/mol. The number of nitrogens with zero attached hydrogens (tertiary/aromatic N) is 2. The highest BCUT2D eigenvalue weighted by Gasteiger charge is 2.86. The van der Waals surface area contributed by atoms with E-state index in [1.165, 1.54) is 29.6 Å². The van der Waals surface area contributed by atoms with Crippen molar-refractivity contribution < 1.29 is 0 Å². The lowest BCUT2D eigenvalue weighted by atomic mass is 9.64. The summed E-state index contributed by atoms with van der Waals surface area (Å²) in [7, 11) is 4.45. The molecule has 1 aromatic carbocycles. The molecule has 3 nitrogen and oxygen atoms in total. The van der Waals surface area contributed by atoms with E-state index < -0.39 is 0 Å². The van der Waals surface area contributed by atoms with E-state index in [0.717, 1.165) is 35.7 Å². The molecule has 120 valence electrons. The Bertz CT molecular complexity index is 778. The van der Waals surface area contributed by atoms with Crippen LogP contribution >= 0.6 is 0 Å². The molecule has 3 aliphatic rings. The van der Waals surface area contributed by atoms with Gasteiger partial charge in [-0.05, 0) is 74.2 Å². The molecular weight excluding hydrogens is 282 g/mol. The van der Waals surface area contributed by atoms with Crippen molar-refractivity contribution in [1.82, 2.24) is 9.88 Å². The number of fused-ring (bicyclic) bond motifs is 2. The highest BCUT2D eigenvalue weighted by atomic mass is 15.1. The highest BCUT2D eigenvalue weighted by Crippen LogP contribution is 2.88. The maximum Gasteiger partial charge on any atom is 0.0725 e. The van der Waals surface area contributed by atoms with E-state index in [1.54, 1.807) is 0 Å². The number of hydrogen-bond acceptors (Lipinski definition) is 3. The smallest absolute Gasteiger partial charge is 0.0725 e. The average molecular weight is 307 g/mol. The second-order valence-corrected chi connectivity index (χ2v) is 8.25. The quantitative estimate of drug-likeness (QED) is 0.917. The van der Waals surface area contributed by atoms with Gasteiger partial charge in [0.15, 0.2) is 0 Å². The zero-order chi connectivity index (χ0) is 15.8. The second-order valence-electron chi connectivity index (χ2n) is 8.25. The lowest BCUT2D eigenvalue weighted by Crippen LogP contribution is -2.46. The van der Waals surface area contributed by atoms with Crippen LogP contribution in [0.25, 0.3) is 10.9 Å². The largest absolute Gasteiger partial charge is 0.384 e. The Balaban J connectivity index is 1.36.